The van der Waals surface area contributed by atoms with E-state index in [9.17, 15) is 9.90 Å². The summed E-state index contributed by atoms with van der Waals surface area (Å²) in [7, 11) is 0. The van der Waals surface area contributed by atoms with Crippen LogP contribution in [0.1, 0.15) is 65.4 Å². The lowest BCUT2D eigenvalue weighted by molar-refractivity contribution is -0.140. The quantitative estimate of drug-likeness (QED) is 0.259. The van der Waals surface area contributed by atoms with E-state index in [1.807, 2.05) is 19.3 Å². The van der Waals surface area contributed by atoms with Crippen LogP contribution in [0.4, 0.5) is 0 Å². The Labute approximate surface area is 174 Å². The van der Waals surface area contributed by atoms with Crippen molar-refractivity contribution in [1.82, 2.24) is 0 Å². The number of aliphatic hydroxyl groups is 1. The van der Waals surface area contributed by atoms with Gasteiger partial charge in [0, 0.05) is 6.42 Å². The van der Waals surface area contributed by atoms with E-state index in [0.29, 0.717) is 17.9 Å². The van der Waals surface area contributed by atoms with E-state index in [-0.39, 0.29) is 5.76 Å². The molecule has 0 bridgehead atoms. The molecule has 0 radical (unpaired) electrons. The molecule has 2 rings (SSSR count). The van der Waals surface area contributed by atoms with Crippen molar-refractivity contribution in [2.45, 2.75) is 72.3 Å². The van der Waals surface area contributed by atoms with Crippen LogP contribution in [-0.2, 0) is 16.0 Å². The number of carbonyl (C=O) groups is 1. The highest BCUT2D eigenvalue weighted by Gasteiger charge is 2.31. The monoisotopic (exact) mass is 398 g/mol. The fourth-order valence-corrected chi connectivity index (χ4v) is 3.32. The summed E-state index contributed by atoms with van der Waals surface area (Å²) in [5.74, 6) is 0.156. The Kier molecular flexibility index (Phi) is 9.04. The van der Waals surface area contributed by atoms with Gasteiger partial charge in [0.15, 0.2) is 6.10 Å². The van der Waals surface area contributed by atoms with Crippen molar-refractivity contribution in [3.8, 4) is 0 Å². The molecule has 1 N–H and O–H groups in total. The first-order valence-corrected chi connectivity index (χ1v) is 10.5. The van der Waals surface area contributed by atoms with E-state index in [2.05, 4.69) is 38.2 Å². The molecule has 2 atom stereocenters. The molecule has 158 valence electrons. The average Bonchev–Trinajstić information content (AvgIpc) is 3.27. The second-order valence-electron chi connectivity index (χ2n) is 8.10. The minimum atomic E-state index is -0.516. The molecule has 4 nitrogen and oxygen atoms in total. The van der Waals surface area contributed by atoms with Gasteiger partial charge in [0.05, 0.1) is 18.1 Å². The third-order valence-electron chi connectivity index (χ3n) is 5.30. The van der Waals surface area contributed by atoms with Gasteiger partial charge in [0.1, 0.15) is 5.76 Å². The molecule has 4 heteroatoms. The molecule has 0 fully saturated rings. The summed E-state index contributed by atoms with van der Waals surface area (Å²) in [4.78, 5) is 11.5. The van der Waals surface area contributed by atoms with Gasteiger partial charge in [-0.3, -0.25) is 0 Å². The van der Waals surface area contributed by atoms with Crippen LogP contribution in [0.2, 0.25) is 0 Å². The molecule has 0 amide bonds. The SMILES string of the molecule is CC1=C(O)[C@@H](C/C(C)=C\CCC(C)/C=C\C=C(\C)CCCc2ccoc2)OC1=O. The lowest BCUT2D eigenvalue weighted by Crippen LogP contribution is -2.12. The Hall–Kier alpha value is -2.49. The van der Waals surface area contributed by atoms with Gasteiger partial charge in [-0.25, -0.2) is 4.79 Å². The molecule has 0 saturated carbocycles. The summed E-state index contributed by atoms with van der Waals surface area (Å²) in [6, 6.07) is 2.03. The molecule has 1 aromatic rings. The number of hydrogen-bond donors (Lipinski definition) is 1. The predicted octanol–water partition coefficient (Wildman–Crippen LogP) is 6.61. The van der Waals surface area contributed by atoms with E-state index in [1.165, 1.54) is 11.1 Å². The number of rotatable bonds is 11. The molecular formula is C25H34O4. The van der Waals surface area contributed by atoms with Crippen molar-refractivity contribution in [1.29, 1.82) is 0 Å². The standard InChI is InChI=1S/C25H34O4/c1-18(8-5-9-19(2)11-7-13-22-14-15-28-17-22)10-6-12-20(3)16-23-24(26)21(4)25(27)29-23/h5,8-9,12,14-15,17-18,23,26H,6-7,10-11,13,16H2,1-4H3/b8-5-,19-9-,20-12-/t18?,23-/m1/s1. The van der Waals surface area contributed by atoms with Gasteiger partial charge in [-0.2, -0.15) is 0 Å². The second kappa shape index (κ2) is 11.5. The molecule has 1 aromatic heterocycles. The molecule has 2 heterocycles. The number of allylic oxidation sites excluding steroid dienone is 5. The zero-order valence-corrected chi connectivity index (χ0v) is 18.1. The molecule has 0 aliphatic carbocycles. The topological polar surface area (TPSA) is 59.7 Å². The van der Waals surface area contributed by atoms with Crippen LogP contribution in [-0.4, -0.2) is 17.2 Å². The molecule has 0 saturated heterocycles. The van der Waals surface area contributed by atoms with Crippen molar-refractivity contribution < 1.29 is 19.1 Å². The predicted molar refractivity (Wildman–Crippen MR) is 117 cm³/mol. The Balaban J connectivity index is 1.65. The minimum absolute atomic E-state index is 0.0750. The third-order valence-corrected chi connectivity index (χ3v) is 5.30. The lowest BCUT2D eigenvalue weighted by Gasteiger charge is -2.11. The molecule has 1 unspecified atom stereocenters. The van der Waals surface area contributed by atoms with Crippen LogP contribution in [0, 0.1) is 5.92 Å². The van der Waals surface area contributed by atoms with Gasteiger partial charge in [-0.05, 0) is 70.4 Å². The zero-order valence-electron chi connectivity index (χ0n) is 18.1. The van der Waals surface area contributed by atoms with Crippen molar-refractivity contribution in [2.75, 3.05) is 0 Å². The number of aryl methyl sites for hydroxylation is 1. The van der Waals surface area contributed by atoms with E-state index < -0.39 is 12.1 Å². The summed E-state index contributed by atoms with van der Waals surface area (Å²) >= 11 is 0. The van der Waals surface area contributed by atoms with Crippen LogP contribution in [0.5, 0.6) is 0 Å². The molecule has 1 aliphatic rings. The number of carbonyl (C=O) groups excluding carboxylic acids is 1. The first-order valence-electron chi connectivity index (χ1n) is 10.5. The lowest BCUT2D eigenvalue weighted by atomic mass is 10.0. The highest BCUT2D eigenvalue weighted by Crippen LogP contribution is 2.25. The maximum Gasteiger partial charge on any atom is 0.338 e. The van der Waals surface area contributed by atoms with Crippen LogP contribution < -0.4 is 0 Å². The van der Waals surface area contributed by atoms with Gasteiger partial charge >= 0.3 is 5.97 Å². The average molecular weight is 399 g/mol. The largest absolute Gasteiger partial charge is 0.508 e. The maximum absolute atomic E-state index is 11.5. The van der Waals surface area contributed by atoms with Gasteiger partial charge < -0.3 is 14.3 Å². The number of aliphatic hydroxyl groups excluding tert-OH is 1. The third kappa shape index (κ3) is 7.80. The highest BCUT2D eigenvalue weighted by atomic mass is 16.6. The minimum Gasteiger partial charge on any atom is -0.508 e. The van der Waals surface area contributed by atoms with Gasteiger partial charge in [0.25, 0.3) is 0 Å². The molecule has 29 heavy (non-hydrogen) atoms. The Morgan fingerprint density at radius 2 is 2.10 bits per heavy atom. The van der Waals surface area contributed by atoms with Crippen molar-refractivity contribution in [3.63, 3.8) is 0 Å². The Morgan fingerprint density at radius 1 is 1.31 bits per heavy atom. The van der Waals surface area contributed by atoms with E-state index >= 15 is 0 Å². The normalized spacial score (nSPS) is 19.3. The van der Waals surface area contributed by atoms with Crippen LogP contribution >= 0.6 is 0 Å². The summed E-state index contributed by atoms with van der Waals surface area (Å²) in [5, 5.41) is 9.92. The number of hydrogen-bond acceptors (Lipinski definition) is 4. The number of cyclic esters (lactones) is 1. The van der Waals surface area contributed by atoms with Gasteiger partial charge in [-0.15, -0.1) is 0 Å². The highest BCUT2D eigenvalue weighted by molar-refractivity contribution is 5.91. The number of ether oxygens (including phenoxy) is 1. The zero-order chi connectivity index (χ0) is 21.2. The summed E-state index contributed by atoms with van der Waals surface area (Å²) < 4.78 is 10.3. The second-order valence-corrected chi connectivity index (χ2v) is 8.10. The van der Waals surface area contributed by atoms with Gasteiger partial charge in [0.2, 0.25) is 0 Å². The Morgan fingerprint density at radius 3 is 2.76 bits per heavy atom. The first kappa shape index (κ1) is 22.8. The fourth-order valence-electron chi connectivity index (χ4n) is 3.32. The van der Waals surface area contributed by atoms with Crippen molar-refractivity contribution in [2.24, 2.45) is 5.92 Å². The van der Waals surface area contributed by atoms with Crippen molar-refractivity contribution in [3.05, 3.63) is 70.9 Å². The molecule has 1 aliphatic heterocycles. The Bertz CT molecular complexity index is 778. The smallest absolute Gasteiger partial charge is 0.338 e. The van der Waals surface area contributed by atoms with Crippen molar-refractivity contribution >= 4 is 5.97 Å². The molecule has 0 spiro atoms. The van der Waals surface area contributed by atoms with Gasteiger partial charge in [-0.1, -0.05) is 42.4 Å². The fraction of sp³-hybridized carbons (Fsp3) is 0.480. The summed E-state index contributed by atoms with van der Waals surface area (Å²) in [6.45, 7) is 8.02. The van der Waals surface area contributed by atoms with Crippen LogP contribution in [0.15, 0.2) is 69.8 Å². The number of furan rings is 1. The van der Waals surface area contributed by atoms with E-state index in [0.717, 1.165) is 37.7 Å². The first-order chi connectivity index (χ1) is 13.9. The van der Waals surface area contributed by atoms with Crippen LogP contribution in [0.3, 0.4) is 0 Å². The molecular weight excluding hydrogens is 364 g/mol. The maximum atomic E-state index is 11.5. The van der Waals surface area contributed by atoms with Crippen LogP contribution in [0.25, 0.3) is 0 Å². The van der Waals surface area contributed by atoms with E-state index in [4.69, 9.17) is 9.15 Å². The van der Waals surface area contributed by atoms with E-state index in [1.54, 1.807) is 13.2 Å². The number of esters is 1. The summed E-state index contributed by atoms with van der Waals surface area (Å²) in [6.07, 6.45) is 17.7. The summed E-state index contributed by atoms with van der Waals surface area (Å²) in [5.41, 5.74) is 4.11. The molecule has 0 aromatic carbocycles.